The normalized spacial score (nSPS) is 13.5. The van der Waals surface area contributed by atoms with Gasteiger partial charge in [-0.05, 0) is 38.0 Å². The topological polar surface area (TPSA) is 110 Å². The van der Waals surface area contributed by atoms with E-state index in [-0.39, 0.29) is 24.5 Å². The Morgan fingerprint density at radius 3 is 2.48 bits per heavy atom. The summed E-state index contributed by atoms with van der Waals surface area (Å²) in [6.07, 6.45) is 1.01. The van der Waals surface area contributed by atoms with E-state index in [1.54, 1.807) is 12.1 Å². The molecular formula is C15H21NO5. The van der Waals surface area contributed by atoms with Crippen LogP contribution in [0.3, 0.4) is 0 Å². The van der Waals surface area contributed by atoms with Gasteiger partial charge in [-0.25, -0.2) is 0 Å². The van der Waals surface area contributed by atoms with Crippen LogP contribution in [0.1, 0.15) is 19.4 Å². The van der Waals surface area contributed by atoms with Crippen molar-refractivity contribution in [2.75, 3.05) is 6.54 Å². The number of carboxylic acid groups (broad SMARTS) is 1. The number of aliphatic hydroxyl groups excluding tert-OH is 1. The highest BCUT2D eigenvalue weighted by molar-refractivity contribution is 5.74. The molecule has 2 atom stereocenters. The molecule has 0 amide bonds. The SMILES string of the molecule is CC(C)=CC(O)CNC(Cc1ccc(O)c(O)c1)C(=O)O. The first-order valence-corrected chi connectivity index (χ1v) is 6.59. The molecular weight excluding hydrogens is 274 g/mol. The van der Waals surface area contributed by atoms with Crippen LogP contribution in [-0.4, -0.2) is 45.1 Å². The number of rotatable bonds is 7. The number of benzene rings is 1. The summed E-state index contributed by atoms with van der Waals surface area (Å²) in [6, 6.07) is 3.27. The predicted octanol–water partition coefficient (Wildman–Crippen LogP) is 1.01. The Morgan fingerprint density at radius 2 is 1.95 bits per heavy atom. The van der Waals surface area contributed by atoms with Gasteiger partial charge in [0.05, 0.1) is 6.10 Å². The average Bonchev–Trinajstić information content (AvgIpc) is 2.37. The third kappa shape index (κ3) is 5.85. The van der Waals surface area contributed by atoms with E-state index in [0.29, 0.717) is 5.56 Å². The molecule has 0 aliphatic heterocycles. The zero-order valence-corrected chi connectivity index (χ0v) is 12.1. The zero-order chi connectivity index (χ0) is 16.0. The molecule has 116 valence electrons. The fourth-order valence-corrected chi connectivity index (χ4v) is 1.89. The summed E-state index contributed by atoms with van der Waals surface area (Å²) in [4.78, 5) is 11.2. The number of hydrogen-bond donors (Lipinski definition) is 5. The summed E-state index contributed by atoms with van der Waals surface area (Å²) in [5, 5.41) is 40.3. The molecule has 1 aromatic carbocycles. The van der Waals surface area contributed by atoms with Crippen molar-refractivity contribution in [3.63, 3.8) is 0 Å². The minimum absolute atomic E-state index is 0.117. The van der Waals surface area contributed by atoms with Gasteiger partial charge in [0.25, 0.3) is 0 Å². The summed E-state index contributed by atoms with van der Waals surface area (Å²) in [6.45, 7) is 3.81. The summed E-state index contributed by atoms with van der Waals surface area (Å²) >= 11 is 0. The molecule has 0 aromatic heterocycles. The van der Waals surface area contributed by atoms with Crippen molar-refractivity contribution in [2.24, 2.45) is 0 Å². The second kappa shape index (κ2) is 7.66. The second-order valence-electron chi connectivity index (χ2n) is 5.14. The molecule has 0 aliphatic rings. The van der Waals surface area contributed by atoms with Crippen LogP contribution in [0.5, 0.6) is 11.5 Å². The molecule has 6 nitrogen and oxygen atoms in total. The van der Waals surface area contributed by atoms with Crippen LogP contribution < -0.4 is 5.32 Å². The van der Waals surface area contributed by atoms with E-state index in [1.807, 2.05) is 13.8 Å². The van der Waals surface area contributed by atoms with Crippen molar-refractivity contribution in [3.05, 3.63) is 35.4 Å². The molecule has 0 spiro atoms. The molecule has 6 heteroatoms. The minimum Gasteiger partial charge on any atom is -0.504 e. The van der Waals surface area contributed by atoms with E-state index in [2.05, 4.69) is 5.32 Å². The highest BCUT2D eigenvalue weighted by atomic mass is 16.4. The Bertz CT molecular complexity index is 523. The number of aliphatic carboxylic acids is 1. The lowest BCUT2D eigenvalue weighted by Gasteiger charge is -2.16. The maximum Gasteiger partial charge on any atom is 0.321 e. The maximum absolute atomic E-state index is 11.2. The Balaban J connectivity index is 2.67. The molecule has 0 fully saturated rings. The molecule has 21 heavy (non-hydrogen) atoms. The van der Waals surface area contributed by atoms with Gasteiger partial charge in [-0.1, -0.05) is 17.7 Å². The van der Waals surface area contributed by atoms with Crippen molar-refractivity contribution in [2.45, 2.75) is 32.4 Å². The highest BCUT2D eigenvalue weighted by Gasteiger charge is 2.18. The number of aromatic hydroxyl groups is 2. The van der Waals surface area contributed by atoms with Gasteiger partial charge in [-0.2, -0.15) is 0 Å². The number of phenolic OH excluding ortho intramolecular Hbond substituents is 2. The van der Waals surface area contributed by atoms with Crippen LogP contribution in [0.25, 0.3) is 0 Å². The number of hydrogen-bond acceptors (Lipinski definition) is 5. The third-order valence-electron chi connectivity index (χ3n) is 2.88. The first-order chi connectivity index (χ1) is 9.79. The molecule has 1 rings (SSSR count). The van der Waals surface area contributed by atoms with E-state index in [1.165, 1.54) is 12.1 Å². The van der Waals surface area contributed by atoms with Gasteiger partial charge in [-0.15, -0.1) is 0 Å². The molecule has 0 radical (unpaired) electrons. The van der Waals surface area contributed by atoms with Gasteiger partial charge in [0, 0.05) is 6.54 Å². The van der Waals surface area contributed by atoms with Crippen molar-refractivity contribution >= 4 is 5.97 Å². The minimum atomic E-state index is -1.05. The number of phenols is 2. The van der Waals surface area contributed by atoms with Gasteiger partial charge in [0.2, 0.25) is 0 Å². The Hall–Kier alpha value is -2.05. The van der Waals surface area contributed by atoms with E-state index in [9.17, 15) is 25.2 Å². The lowest BCUT2D eigenvalue weighted by molar-refractivity contribution is -0.139. The van der Waals surface area contributed by atoms with Gasteiger partial charge in [-0.3, -0.25) is 4.79 Å². The number of carbonyl (C=O) groups is 1. The number of allylic oxidation sites excluding steroid dienone is 1. The predicted molar refractivity (Wildman–Crippen MR) is 78.3 cm³/mol. The van der Waals surface area contributed by atoms with Crippen molar-refractivity contribution < 1.29 is 25.2 Å². The molecule has 1 aromatic rings. The van der Waals surface area contributed by atoms with Crippen molar-refractivity contribution in [1.82, 2.24) is 5.32 Å². The largest absolute Gasteiger partial charge is 0.504 e. The summed E-state index contributed by atoms with van der Waals surface area (Å²) in [5.74, 6) is -1.59. The van der Waals surface area contributed by atoms with Crippen LogP contribution in [0.15, 0.2) is 29.8 Å². The Labute approximate surface area is 123 Å². The molecule has 0 aliphatic carbocycles. The molecule has 0 bridgehead atoms. The lowest BCUT2D eigenvalue weighted by Crippen LogP contribution is -2.42. The van der Waals surface area contributed by atoms with E-state index in [4.69, 9.17) is 0 Å². The molecule has 0 heterocycles. The van der Waals surface area contributed by atoms with Crippen LogP contribution in [-0.2, 0) is 11.2 Å². The molecule has 2 unspecified atom stereocenters. The molecule has 0 saturated heterocycles. The molecule has 0 saturated carbocycles. The maximum atomic E-state index is 11.2. The standard InChI is InChI=1S/C15H21NO5/c1-9(2)5-11(17)8-16-12(15(20)21)6-10-3-4-13(18)14(19)7-10/h3-5,7,11-12,16-19H,6,8H2,1-2H3,(H,20,21). The summed E-state index contributed by atoms with van der Waals surface area (Å²) in [7, 11) is 0. The van der Waals surface area contributed by atoms with Crippen LogP contribution in [0.2, 0.25) is 0 Å². The highest BCUT2D eigenvalue weighted by Crippen LogP contribution is 2.25. The third-order valence-corrected chi connectivity index (χ3v) is 2.88. The zero-order valence-electron chi connectivity index (χ0n) is 12.1. The van der Waals surface area contributed by atoms with Gasteiger partial charge in [0.1, 0.15) is 6.04 Å². The Morgan fingerprint density at radius 1 is 1.29 bits per heavy atom. The van der Waals surface area contributed by atoms with E-state index < -0.39 is 18.1 Å². The second-order valence-corrected chi connectivity index (χ2v) is 5.14. The monoisotopic (exact) mass is 295 g/mol. The fraction of sp³-hybridized carbons (Fsp3) is 0.400. The average molecular weight is 295 g/mol. The van der Waals surface area contributed by atoms with E-state index >= 15 is 0 Å². The van der Waals surface area contributed by atoms with Gasteiger partial charge in [0.15, 0.2) is 11.5 Å². The number of aliphatic hydroxyl groups is 1. The van der Waals surface area contributed by atoms with Crippen molar-refractivity contribution in [1.29, 1.82) is 0 Å². The fourth-order valence-electron chi connectivity index (χ4n) is 1.89. The quantitative estimate of drug-likeness (QED) is 0.379. The van der Waals surface area contributed by atoms with Crippen LogP contribution in [0, 0.1) is 0 Å². The van der Waals surface area contributed by atoms with Gasteiger partial charge >= 0.3 is 5.97 Å². The Kier molecular flexibility index (Phi) is 6.20. The van der Waals surface area contributed by atoms with Gasteiger partial charge < -0.3 is 25.7 Å². The van der Waals surface area contributed by atoms with E-state index in [0.717, 1.165) is 5.57 Å². The molecule has 5 N–H and O–H groups in total. The first-order valence-electron chi connectivity index (χ1n) is 6.59. The number of carboxylic acids is 1. The number of nitrogens with one attached hydrogen (secondary N) is 1. The lowest BCUT2D eigenvalue weighted by atomic mass is 10.0. The first kappa shape index (κ1) is 17.0. The van der Waals surface area contributed by atoms with Crippen LogP contribution >= 0.6 is 0 Å². The van der Waals surface area contributed by atoms with Crippen LogP contribution in [0.4, 0.5) is 0 Å². The summed E-state index contributed by atoms with van der Waals surface area (Å²) in [5.41, 5.74) is 1.52. The van der Waals surface area contributed by atoms with Crippen molar-refractivity contribution in [3.8, 4) is 11.5 Å². The smallest absolute Gasteiger partial charge is 0.321 e. The summed E-state index contributed by atoms with van der Waals surface area (Å²) < 4.78 is 0.